The number of amides is 1. The van der Waals surface area contributed by atoms with E-state index < -0.39 is 6.09 Å². The van der Waals surface area contributed by atoms with Crippen LogP contribution in [0.2, 0.25) is 0 Å². The highest BCUT2D eigenvalue weighted by Crippen LogP contribution is 2.30. The smallest absolute Gasteiger partial charge is 0.405 e. The molecule has 1 unspecified atom stereocenters. The summed E-state index contributed by atoms with van der Waals surface area (Å²) in [5.41, 5.74) is 2.39. The molecule has 1 atom stereocenters. The molecule has 1 aliphatic carbocycles. The molecule has 1 aromatic rings. The zero-order valence-corrected chi connectivity index (χ0v) is 12.0. The lowest BCUT2D eigenvalue weighted by atomic mass is 10.1. The van der Waals surface area contributed by atoms with E-state index >= 15 is 0 Å². The minimum Gasteiger partial charge on any atom is -0.465 e. The molecule has 0 radical (unpaired) electrons. The lowest BCUT2D eigenvalue weighted by molar-refractivity contribution is 0.190. The van der Waals surface area contributed by atoms with Crippen molar-refractivity contribution in [2.45, 2.75) is 58.4 Å². The second kappa shape index (κ2) is 8.57. The highest BCUT2D eigenvalue weighted by atomic mass is 16.4. The summed E-state index contributed by atoms with van der Waals surface area (Å²) < 4.78 is 0. The maximum Gasteiger partial charge on any atom is 0.405 e. The van der Waals surface area contributed by atoms with Crippen LogP contribution in [-0.4, -0.2) is 11.2 Å². The van der Waals surface area contributed by atoms with Gasteiger partial charge in [-0.05, 0) is 24.0 Å². The summed E-state index contributed by atoms with van der Waals surface area (Å²) in [6.07, 6.45) is 6.45. The van der Waals surface area contributed by atoms with Gasteiger partial charge in [-0.2, -0.15) is 0 Å². The topological polar surface area (TPSA) is 49.3 Å². The van der Waals surface area contributed by atoms with Crippen molar-refractivity contribution in [2.24, 2.45) is 0 Å². The Labute approximate surface area is 116 Å². The average molecular weight is 263 g/mol. The number of rotatable bonds is 4. The van der Waals surface area contributed by atoms with E-state index in [1.807, 2.05) is 18.2 Å². The minimum atomic E-state index is -0.943. The summed E-state index contributed by atoms with van der Waals surface area (Å²) in [6.45, 7) is 4.46. The highest BCUT2D eigenvalue weighted by Gasteiger charge is 2.22. The third-order valence-corrected chi connectivity index (χ3v) is 3.39. The van der Waals surface area contributed by atoms with E-state index in [9.17, 15) is 4.79 Å². The van der Waals surface area contributed by atoms with Gasteiger partial charge in [0, 0.05) is 0 Å². The average Bonchev–Trinajstić information content (AvgIpc) is 2.80. The molecule has 106 valence electrons. The summed E-state index contributed by atoms with van der Waals surface area (Å²) in [7, 11) is 0. The molecule has 0 spiro atoms. The Kier molecular flexibility index (Phi) is 7.01. The fraction of sp³-hybridized carbons (Fsp3) is 0.562. The van der Waals surface area contributed by atoms with Gasteiger partial charge in [-0.1, -0.05) is 63.8 Å². The molecule has 2 rings (SSSR count). The van der Waals surface area contributed by atoms with E-state index in [-0.39, 0.29) is 6.04 Å². The molecular formula is C16H25NO2. The molecule has 1 aliphatic rings. The lowest BCUT2D eigenvalue weighted by Crippen LogP contribution is -2.24. The summed E-state index contributed by atoms with van der Waals surface area (Å²) in [5, 5.41) is 11.1. The van der Waals surface area contributed by atoms with E-state index in [1.54, 1.807) is 0 Å². The fourth-order valence-corrected chi connectivity index (χ4v) is 2.36. The second-order valence-electron chi connectivity index (χ2n) is 4.95. The van der Waals surface area contributed by atoms with Gasteiger partial charge >= 0.3 is 6.09 Å². The zero-order valence-electron chi connectivity index (χ0n) is 12.0. The molecule has 2 N–H and O–H groups in total. The molecule has 0 aromatic heterocycles. The van der Waals surface area contributed by atoms with Crippen LogP contribution < -0.4 is 5.32 Å². The van der Waals surface area contributed by atoms with Crippen molar-refractivity contribution in [1.82, 2.24) is 5.32 Å². The third-order valence-electron chi connectivity index (χ3n) is 3.39. The van der Waals surface area contributed by atoms with Crippen LogP contribution in [0.5, 0.6) is 0 Å². The van der Waals surface area contributed by atoms with Crippen LogP contribution in [0.4, 0.5) is 4.79 Å². The maximum absolute atomic E-state index is 10.5. The number of carbonyl (C=O) groups is 1. The van der Waals surface area contributed by atoms with Crippen LogP contribution in [0.15, 0.2) is 24.3 Å². The van der Waals surface area contributed by atoms with Gasteiger partial charge < -0.3 is 10.4 Å². The molecule has 3 heteroatoms. The van der Waals surface area contributed by atoms with Crippen LogP contribution in [0, 0.1) is 0 Å². The second-order valence-corrected chi connectivity index (χ2v) is 4.95. The summed E-state index contributed by atoms with van der Waals surface area (Å²) in [4.78, 5) is 10.5. The van der Waals surface area contributed by atoms with Crippen molar-refractivity contribution in [3.8, 4) is 0 Å². The van der Waals surface area contributed by atoms with Gasteiger partial charge in [0.05, 0.1) is 6.04 Å². The first-order chi connectivity index (χ1) is 9.19. The van der Waals surface area contributed by atoms with Gasteiger partial charge in [-0.25, -0.2) is 4.79 Å². The number of benzene rings is 1. The monoisotopic (exact) mass is 263 g/mol. The molecular weight excluding hydrogens is 238 g/mol. The van der Waals surface area contributed by atoms with E-state index in [4.69, 9.17) is 5.11 Å². The number of hydrogen-bond acceptors (Lipinski definition) is 1. The van der Waals surface area contributed by atoms with Crippen LogP contribution in [0.3, 0.4) is 0 Å². The van der Waals surface area contributed by atoms with Crippen LogP contribution in [-0.2, 0) is 6.42 Å². The first-order valence-electron chi connectivity index (χ1n) is 7.26. The molecule has 0 bridgehead atoms. The number of carboxylic acid groups (broad SMARTS) is 1. The van der Waals surface area contributed by atoms with E-state index in [2.05, 4.69) is 25.2 Å². The van der Waals surface area contributed by atoms with E-state index in [0.29, 0.717) is 0 Å². The molecule has 0 fully saturated rings. The molecule has 0 saturated carbocycles. The van der Waals surface area contributed by atoms with E-state index in [1.165, 1.54) is 31.2 Å². The van der Waals surface area contributed by atoms with Crippen molar-refractivity contribution in [3.05, 3.63) is 35.4 Å². The summed E-state index contributed by atoms with van der Waals surface area (Å²) in [5.74, 6) is 0. The van der Waals surface area contributed by atoms with Crippen molar-refractivity contribution < 1.29 is 9.90 Å². The Morgan fingerprint density at radius 3 is 2.47 bits per heavy atom. The molecule has 0 aliphatic heterocycles. The van der Waals surface area contributed by atoms with Gasteiger partial charge in [0.1, 0.15) is 0 Å². The fourth-order valence-electron chi connectivity index (χ4n) is 2.36. The third kappa shape index (κ3) is 5.33. The van der Waals surface area contributed by atoms with Crippen LogP contribution in [0.25, 0.3) is 0 Å². The zero-order chi connectivity index (χ0) is 14.1. The normalized spacial score (nSPS) is 16.2. The number of aryl methyl sites for hydroxylation is 1. The number of fused-ring (bicyclic) bond motifs is 1. The van der Waals surface area contributed by atoms with Crippen LogP contribution in [0.1, 0.15) is 63.1 Å². The van der Waals surface area contributed by atoms with E-state index in [0.717, 1.165) is 18.4 Å². The van der Waals surface area contributed by atoms with Gasteiger partial charge in [-0.3, -0.25) is 0 Å². The highest BCUT2D eigenvalue weighted by molar-refractivity contribution is 5.65. The largest absolute Gasteiger partial charge is 0.465 e. The van der Waals surface area contributed by atoms with Gasteiger partial charge in [0.15, 0.2) is 0 Å². The number of hydrogen-bond donors (Lipinski definition) is 2. The first kappa shape index (κ1) is 15.5. The quantitative estimate of drug-likeness (QED) is 0.784. The predicted molar refractivity (Wildman–Crippen MR) is 78.5 cm³/mol. The summed E-state index contributed by atoms with van der Waals surface area (Å²) >= 11 is 0. The number of unbranched alkanes of at least 4 members (excludes halogenated alkanes) is 3. The Morgan fingerprint density at radius 1 is 1.26 bits per heavy atom. The Morgan fingerprint density at radius 2 is 1.89 bits per heavy atom. The summed E-state index contributed by atoms with van der Waals surface area (Å²) in [6, 6.07) is 7.97. The first-order valence-corrected chi connectivity index (χ1v) is 7.26. The Bertz CT molecular complexity index is 386. The molecule has 1 aromatic carbocycles. The molecule has 0 heterocycles. The van der Waals surface area contributed by atoms with Gasteiger partial charge in [0.25, 0.3) is 0 Å². The van der Waals surface area contributed by atoms with Crippen LogP contribution >= 0.6 is 0 Å². The Hall–Kier alpha value is -1.51. The minimum absolute atomic E-state index is 0.00583. The van der Waals surface area contributed by atoms with Crippen molar-refractivity contribution in [2.75, 3.05) is 0 Å². The predicted octanol–water partition coefficient (Wildman–Crippen LogP) is 4.53. The van der Waals surface area contributed by atoms with Crippen molar-refractivity contribution in [3.63, 3.8) is 0 Å². The van der Waals surface area contributed by atoms with Crippen molar-refractivity contribution in [1.29, 1.82) is 0 Å². The standard InChI is InChI=1S/C10H11NO2.C6H14/c12-10(13)11-9-6-5-7-3-1-2-4-8(7)9;1-3-5-6-4-2/h1-4,9,11H,5-6H2,(H,12,13);3-6H2,1-2H3. The molecule has 0 saturated heterocycles. The van der Waals surface area contributed by atoms with Crippen molar-refractivity contribution >= 4 is 6.09 Å². The lowest BCUT2D eigenvalue weighted by Gasteiger charge is -2.10. The Balaban J connectivity index is 0.000000258. The maximum atomic E-state index is 10.5. The number of nitrogens with one attached hydrogen (secondary N) is 1. The van der Waals surface area contributed by atoms with Gasteiger partial charge in [0.2, 0.25) is 0 Å². The molecule has 3 nitrogen and oxygen atoms in total. The molecule has 19 heavy (non-hydrogen) atoms. The van der Waals surface area contributed by atoms with Gasteiger partial charge in [-0.15, -0.1) is 0 Å². The molecule has 1 amide bonds. The SMILES string of the molecule is CCCCCC.O=C(O)NC1CCc2ccccc21.